The molecule has 30 heavy (non-hydrogen) atoms. The predicted octanol–water partition coefficient (Wildman–Crippen LogP) is 5.61. The summed E-state index contributed by atoms with van der Waals surface area (Å²) in [5.41, 5.74) is 5.46. The second-order valence-corrected chi connectivity index (χ2v) is 7.05. The van der Waals surface area contributed by atoms with Gasteiger partial charge in [-0.2, -0.15) is 0 Å². The van der Waals surface area contributed by atoms with E-state index >= 15 is 0 Å². The van der Waals surface area contributed by atoms with Crippen molar-refractivity contribution in [1.29, 1.82) is 0 Å². The summed E-state index contributed by atoms with van der Waals surface area (Å²) in [6, 6.07) is 22.9. The smallest absolute Gasteiger partial charge is 0.248 e. The van der Waals surface area contributed by atoms with Crippen molar-refractivity contribution < 1.29 is 9.59 Å². The highest BCUT2D eigenvalue weighted by molar-refractivity contribution is 6.04. The number of aryl methyl sites for hydroxylation is 2. The number of rotatable bonds is 6. The molecule has 0 radical (unpaired) electrons. The largest absolute Gasteiger partial charge is 0.322 e. The molecule has 0 atom stereocenters. The Kier molecular flexibility index (Phi) is 6.95. The summed E-state index contributed by atoms with van der Waals surface area (Å²) in [4.78, 5) is 24.3. The molecule has 4 heteroatoms. The summed E-state index contributed by atoms with van der Waals surface area (Å²) in [6.45, 7) is 4.04. The molecule has 0 unspecified atom stereocenters. The molecule has 0 saturated carbocycles. The number of carbonyl (C=O) groups excluding carboxylic acids is 2. The van der Waals surface area contributed by atoms with Crippen LogP contribution in [0.5, 0.6) is 0 Å². The number of hydrogen-bond acceptors (Lipinski definition) is 2. The van der Waals surface area contributed by atoms with Crippen molar-refractivity contribution in [3.05, 3.63) is 107 Å². The van der Waals surface area contributed by atoms with Crippen molar-refractivity contribution >= 4 is 35.3 Å². The van der Waals surface area contributed by atoms with Crippen LogP contribution in [0, 0.1) is 13.8 Å². The number of anilines is 2. The fourth-order valence-corrected chi connectivity index (χ4v) is 2.74. The van der Waals surface area contributed by atoms with Gasteiger partial charge in [0, 0.05) is 23.5 Å². The van der Waals surface area contributed by atoms with Crippen LogP contribution in [0.2, 0.25) is 0 Å². The maximum absolute atomic E-state index is 12.2. The molecule has 4 nitrogen and oxygen atoms in total. The van der Waals surface area contributed by atoms with E-state index in [4.69, 9.17) is 0 Å². The zero-order chi connectivity index (χ0) is 21.3. The number of benzene rings is 3. The third-order valence-corrected chi connectivity index (χ3v) is 4.41. The molecule has 0 bridgehead atoms. The summed E-state index contributed by atoms with van der Waals surface area (Å²) in [5, 5.41) is 5.61. The predicted molar refractivity (Wildman–Crippen MR) is 124 cm³/mol. The maximum Gasteiger partial charge on any atom is 0.248 e. The van der Waals surface area contributed by atoms with E-state index in [0.717, 1.165) is 11.1 Å². The first-order valence-corrected chi connectivity index (χ1v) is 9.69. The van der Waals surface area contributed by atoms with Gasteiger partial charge in [-0.3, -0.25) is 9.59 Å². The Morgan fingerprint density at radius 1 is 0.633 bits per heavy atom. The van der Waals surface area contributed by atoms with Crippen molar-refractivity contribution in [3.8, 4) is 0 Å². The lowest BCUT2D eigenvalue weighted by Gasteiger charge is -2.06. The molecule has 0 spiro atoms. The Labute approximate surface area is 177 Å². The highest BCUT2D eigenvalue weighted by Gasteiger charge is 2.02. The maximum atomic E-state index is 12.2. The van der Waals surface area contributed by atoms with E-state index in [2.05, 4.69) is 10.6 Å². The van der Waals surface area contributed by atoms with Gasteiger partial charge >= 0.3 is 0 Å². The lowest BCUT2D eigenvalue weighted by Crippen LogP contribution is -2.10. The Balaban J connectivity index is 1.57. The quantitative estimate of drug-likeness (QED) is 0.532. The Hall–Kier alpha value is -3.92. The third kappa shape index (κ3) is 6.60. The van der Waals surface area contributed by atoms with Gasteiger partial charge in [-0.05, 0) is 55.3 Å². The van der Waals surface area contributed by atoms with Crippen LogP contribution in [0.4, 0.5) is 11.4 Å². The fraction of sp³-hybridized carbons (Fsp3) is 0.0769. The van der Waals surface area contributed by atoms with Crippen LogP contribution in [0.3, 0.4) is 0 Å². The standard InChI is InChI=1S/C26H24N2O2/c1-19-6-10-21(11-7-19)14-16-25(29)27-23-4-3-5-24(18-23)28-26(30)17-15-22-12-8-20(2)9-13-22/h3-18H,1-2H3,(H,27,29)(H,28,30)/b16-14-,17-15+. The first-order chi connectivity index (χ1) is 14.5. The van der Waals surface area contributed by atoms with Crippen molar-refractivity contribution in [1.82, 2.24) is 0 Å². The Morgan fingerprint density at radius 3 is 1.43 bits per heavy atom. The molecule has 0 fully saturated rings. The zero-order valence-electron chi connectivity index (χ0n) is 17.1. The first kappa shape index (κ1) is 20.8. The van der Waals surface area contributed by atoms with Gasteiger partial charge in [-0.15, -0.1) is 0 Å². The van der Waals surface area contributed by atoms with Crippen molar-refractivity contribution in [2.75, 3.05) is 10.6 Å². The summed E-state index contributed by atoms with van der Waals surface area (Å²) in [7, 11) is 0. The van der Waals surface area contributed by atoms with Gasteiger partial charge in [0.1, 0.15) is 0 Å². The third-order valence-electron chi connectivity index (χ3n) is 4.41. The van der Waals surface area contributed by atoms with E-state index in [9.17, 15) is 9.59 Å². The zero-order valence-corrected chi connectivity index (χ0v) is 17.1. The van der Waals surface area contributed by atoms with Crippen LogP contribution in [-0.4, -0.2) is 11.8 Å². The second-order valence-electron chi connectivity index (χ2n) is 7.05. The molecule has 0 saturated heterocycles. The summed E-state index contributed by atoms with van der Waals surface area (Å²) < 4.78 is 0. The van der Waals surface area contributed by atoms with Gasteiger partial charge in [-0.25, -0.2) is 0 Å². The SMILES string of the molecule is Cc1ccc(/C=C\C(=O)Nc2cccc(NC(=O)/C=C/c3ccc(C)cc3)c2)cc1. The van der Waals surface area contributed by atoms with E-state index in [1.807, 2.05) is 62.4 Å². The van der Waals surface area contributed by atoms with E-state index in [1.165, 1.54) is 23.3 Å². The van der Waals surface area contributed by atoms with Gasteiger partial charge in [0.15, 0.2) is 0 Å². The van der Waals surface area contributed by atoms with Crippen LogP contribution in [0.25, 0.3) is 12.2 Å². The molecule has 2 N–H and O–H groups in total. The van der Waals surface area contributed by atoms with Crippen molar-refractivity contribution in [2.24, 2.45) is 0 Å². The number of amides is 2. The molecule has 0 heterocycles. The van der Waals surface area contributed by atoms with E-state index in [1.54, 1.807) is 36.4 Å². The highest BCUT2D eigenvalue weighted by atomic mass is 16.2. The van der Waals surface area contributed by atoms with Crippen LogP contribution in [-0.2, 0) is 9.59 Å². The highest BCUT2D eigenvalue weighted by Crippen LogP contribution is 2.16. The topological polar surface area (TPSA) is 58.2 Å². The monoisotopic (exact) mass is 396 g/mol. The molecule has 0 aliphatic carbocycles. The van der Waals surface area contributed by atoms with E-state index < -0.39 is 0 Å². The lowest BCUT2D eigenvalue weighted by molar-refractivity contribution is -0.112. The molecule has 0 aromatic heterocycles. The summed E-state index contributed by atoms with van der Waals surface area (Å²) in [6.07, 6.45) is 6.49. The Morgan fingerprint density at radius 2 is 1.03 bits per heavy atom. The average molecular weight is 396 g/mol. The second kappa shape index (κ2) is 10.0. The van der Waals surface area contributed by atoms with Gasteiger partial charge in [0.05, 0.1) is 0 Å². The van der Waals surface area contributed by atoms with E-state index in [-0.39, 0.29) is 11.8 Å². The molecule has 0 aliphatic rings. The minimum Gasteiger partial charge on any atom is -0.322 e. The number of carbonyl (C=O) groups is 2. The normalized spacial score (nSPS) is 11.0. The average Bonchev–Trinajstić information content (AvgIpc) is 2.73. The van der Waals surface area contributed by atoms with Crippen molar-refractivity contribution in [2.45, 2.75) is 13.8 Å². The number of hydrogen-bond donors (Lipinski definition) is 2. The molecular weight excluding hydrogens is 372 g/mol. The van der Waals surface area contributed by atoms with E-state index in [0.29, 0.717) is 11.4 Å². The van der Waals surface area contributed by atoms with Gasteiger partial charge in [-0.1, -0.05) is 65.7 Å². The lowest BCUT2D eigenvalue weighted by atomic mass is 10.1. The molecular formula is C26H24N2O2. The summed E-state index contributed by atoms with van der Waals surface area (Å²) in [5.74, 6) is -0.475. The molecule has 150 valence electrons. The minimum absolute atomic E-state index is 0.238. The van der Waals surface area contributed by atoms with Gasteiger partial charge in [0.2, 0.25) is 11.8 Å². The fourth-order valence-electron chi connectivity index (χ4n) is 2.74. The summed E-state index contributed by atoms with van der Waals surface area (Å²) >= 11 is 0. The van der Waals surface area contributed by atoms with Crippen LogP contribution in [0.1, 0.15) is 22.3 Å². The van der Waals surface area contributed by atoms with Gasteiger partial charge in [0.25, 0.3) is 0 Å². The van der Waals surface area contributed by atoms with Crippen LogP contribution in [0.15, 0.2) is 84.9 Å². The van der Waals surface area contributed by atoms with Crippen molar-refractivity contribution in [3.63, 3.8) is 0 Å². The van der Waals surface area contributed by atoms with Crippen LogP contribution < -0.4 is 10.6 Å². The van der Waals surface area contributed by atoms with Gasteiger partial charge < -0.3 is 10.6 Å². The minimum atomic E-state index is -0.238. The van der Waals surface area contributed by atoms with Crippen LogP contribution >= 0.6 is 0 Å². The first-order valence-electron chi connectivity index (χ1n) is 9.69. The molecule has 3 rings (SSSR count). The Bertz CT molecular complexity index is 994. The molecule has 0 aliphatic heterocycles. The molecule has 3 aromatic rings. The molecule has 3 aromatic carbocycles. The molecule has 2 amide bonds. The number of nitrogens with one attached hydrogen (secondary N) is 2.